The van der Waals surface area contributed by atoms with Crippen molar-refractivity contribution in [3.8, 4) is 5.75 Å². The van der Waals surface area contributed by atoms with Crippen LogP contribution in [-0.2, 0) is 9.53 Å². The van der Waals surface area contributed by atoms with Gasteiger partial charge in [-0.05, 0) is 18.6 Å². The number of nitrogens with zero attached hydrogens (tertiary/aromatic N) is 1. The lowest BCUT2D eigenvalue weighted by molar-refractivity contribution is -0.130. The van der Waals surface area contributed by atoms with Crippen LogP contribution >= 0.6 is 0 Å². The number of nitrogens with two attached hydrogens (primary N) is 1. The summed E-state index contributed by atoms with van der Waals surface area (Å²) in [5.74, 6) is -1.18. The molecule has 1 unspecified atom stereocenters. The molecule has 126 valence electrons. The van der Waals surface area contributed by atoms with E-state index in [1.165, 1.54) is 17.0 Å². The molecule has 0 aromatic heterocycles. The SMILES string of the molecule is CN(C)C(=O)COc1cc(C(=O)O)cc(NCC2CCO2)c1N. The van der Waals surface area contributed by atoms with Crippen LogP contribution in [0.2, 0.25) is 0 Å². The Morgan fingerprint density at radius 2 is 2.17 bits per heavy atom. The molecule has 4 N–H and O–H groups in total. The fraction of sp³-hybridized carbons (Fsp3) is 0.467. The molecule has 8 nitrogen and oxygen atoms in total. The van der Waals surface area contributed by atoms with Gasteiger partial charge in [-0.25, -0.2) is 4.79 Å². The number of ether oxygens (including phenoxy) is 2. The zero-order valence-corrected chi connectivity index (χ0v) is 13.2. The van der Waals surface area contributed by atoms with Crippen LogP contribution in [0.4, 0.5) is 11.4 Å². The molecular formula is C15H21N3O5. The van der Waals surface area contributed by atoms with E-state index >= 15 is 0 Å². The summed E-state index contributed by atoms with van der Waals surface area (Å²) >= 11 is 0. The highest BCUT2D eigenvalue weighted by Crippen LogP contribution is 2.32. The molecular weight excluding hydrogens is 302 g/mol. The number of anilines is 2. The fourth-order valence-electron chi connectivity index (χ4n) is 1.95. The molecule has 1 aromatic carbocycles. The lowest BCUT2D eigenvalue weighted by Crippen LogP contribution is -2.33. The van der Waals surface area contributed by atoms with Crippen molar-refractivity contribution in [1.82, 2.24) is 4.90 Å². The number of benzene rings is 1. The van der Waals surface area contributed by atoms with Gasteiger partial charge in [0.05, 0.1) is 23.0 Å². The molecule has 2 rings (SSSR count). The van der Waals surface area contributed by atoms with Crippen LogP contribution in [0.1, 0.15) is 16.8 Å². The molecule has 1 aliphatic heterocycles. The summed E-state index contributed by atoms with van der Waals surface area (Å²) in [5, 5.41) is 12.3. The zero-order valence-electron chi connectivity index (χ0n) is 13.2. The summed E-state index contributed by atoms with van der Waals surface area (Å²) in [6.45, 7) is 1.05. The van der Waals surface area contributed by atoms with E-state index in [1.807, 2.05) is 0 Å². The molecule has 0 bridgehead atoms. The lowest BCUT2D eigenvalue weighted by Gasteiger charge is -2.27. The van der Waals surface area contributed by atoms with Crippen LogP contribution in [-0.4, -0.2) is 61.8 Å². The zero-order chi connectivity index (χ0) is 17.0. The second-order valence-electron chi connectivity index (χ2n) is 5.48. The maximum absolute atomic E-state index is 11.6. The van der Waals surface area contributed by atoms with Crippen LogP contribution < -0.4 is 15.8 Å². The minimum atomic E-state index is -1.10. The average Bonchev–Trinajstić information content (AvgIpc) is 2.45. The van der Waals surface area contributed by atoms with Gasteiger partial charge in [0.15, 0.2) is 6.61 Å². The van der Waals surface area contributed by atoms with Gasteiger partial charge in [-0.15, -0.1) is 0 Å². The normalized spacial score (nSPS) is 16.3. The smallest absolute Gasteiger partial charge is 0.335 e. The number of hydrogen-bond acceptors (Lipinski definition) is 6. The van der Waals surface area contributed by atoms with Gasteiger partial charge >= 0.3 is 5.97 Å². The van der Waals surface area contributed by atoms with E-state index in [2.05, 4.69) is 5.32 Å². The maximum Gasteiger partial charge on any atom is 0.335 e. The lowest BCUT2D eigenvalue weighted by atomic mass is 10.1. The van der Waals surface area contributed by atoms with E-state index in [0.717, 1.165) is 13.0 Å². The van der Waals surface area contributed by atoms with Gasteiger partial charge in [0.25, 0.3) is 5.91 Å². The molecule has 0 radical (unpaired) electrons. The number of carboxylic acid groups (broad SMARTS) is 1. The Kier molecular flexibility index (Phi) is 5.28. The fourth-order valence-corrected chi connectivity index (χ4v) is 1.95. The number of hydrogen-bond donors (Lipinski definition) is 3. The topological polar surface area (TPSA) is 114 Å². The van der Waals surface area contributed by atoms with Crippen molar-refractivity contribution in [1.29, 1.82) is 0 Å². The van der Waals surface area contributed by atoms with Crippen molar-refractivity contribution in [3.63, 3.8) is 0 Å². The van der Waals surface area contributed by atoms with Gasteiger partial charge in [0.1, 0.15) is 5.75 Å². The highest BCUT2D eigenvalue weighted by Gasteiger charge is 2.20. The Balaban J connectivity index is 2.16. The van der Waals surface area contributed by atoms with Crippen LogP contribution in [0.25, 0.3) is 0 Å². The van der Waals surface area contributed by atoms with Gasteiger partial charge in [0.2, 0.25) is 0 Å². The van der Waals surface area contributed by atoms with E-state index < -0.39 is 5.97 Å². The van der Waals surface area contributed by atoms with E-state index in [4.69, 9.17) is 15.2 Å². The first-order valence-corrected chi connectivity index (χ1v) is 7.23. The number of amides is 1. The minimum absolute atomic E-state index is 0.0310. The van der Waals surface area contributed by atoms with Crippen molar-refractivity contribution in [3.05, 3.63) is 17.7 Å². The number of carbonyl (C=O) groups excluding carboxylic acids is 1. The number of carboxylic acids is 1. The van der Waals surface area contributed by atoms with Gasteiger partial charge in [-0.3, -0.25) is 4.79 Å². The van der Waals surface area contributed by atoms with Crippen molar-refractivity contribution in [2.45, 2.75) is 12.5 Å². The largest absolute Gasteiger partial charge is 0.482 e. The highest BCUT2D eigenvalue weighted by molar-refractivity contribution is 5.92. The first kappa shape index (κ1) is 16.9. The van der Waals surface area contributed by atoms with E-state index in [1.54, 1.807) is 14.1 Å². The van der Waals surface area contributed by atoms with Crippen molar-refractivity contribution in [2.75, 3.05) is 44.9 Å². The number of carbonyl (C=O) groups is 2. The van der Waals surface area contributed by atoms with Crippen LogP contribution in [0.3, 0.4) is 0 Å². The van der Waals surface area contributed by atoms with Gasteiger partial charge in [-0.2, -0.15) is 0 Å². The third kappa shape index (κ3) is 4.26. The summed E-state index contributed by atoms with van der Waals surface area (Å²) in [7, 11) is 3.21. The maximum atomic E-state index is 11.6. The Bertz CT molecular complexity index is 599. The molecule has 0 aliphatic carbocycles. The number of nitrogen functional groups attached to an aromatic ring is 1. The Labute approximate surface area is 134 Å². The highest BCUT2D eigenvalue weighted by atomic mass is 16.5. The first-order valence-electron chi connectivity index (χ1n) is 7.23. The summed E-state index contributed by atoms with van der Waals surface area (Å²) in [4.78, 5) is 24.2. The third-order valence-electron chi connectivity index (χ3n) is 3.55. The molecule has 1 heterocycles. The van der Waals surface area contributed by atoms with Gasteiger partial charge < -0.3 is 30.5 Å². The molecule has 1 aliphatic rings. The van der Waals surface area contributed by atoms with Crippen LogP contribution in [0.15, 0.2) is 12.1 Å². The molecule has 1 amide bonds. The number of nitrogens with one attached hydrogen (secondary N) is 1. The predicted molar refractivity (Wildman–Crippen MR) is 84.8 cm³/mol. The quantitative estimate of drug-likeness (QED) is 0.631. The summed E-state index contributed by atoms with van der Waals surface area (Å²) < 4.78 is 10.7. The van der Waals surface area contributed by atoms with Crippen molar-refractivity contribution < 1.29 is 24.2 Å². The molecule has 1 aromatic rings. The molecule has 1 fully saturated rings. The molecule has 0 saturated carbocycles. The van der Waals surface area contributed by atoms with Crippen molar-refractivity contribution >= 4 is 23.3 Å². The predicted octanol–water partition coefficient (Wildman–Crippen LogP) is 0.635. The Hall–Kier alpha value is -2.48. The monoisotopic (exact) mass is 323 g/mol. The standard InChI is InChI=1S/C15H21N3O5/c1-18(2)13(19)8-23-12-6-9(15(20)21)5-11(14(12)16)17-7-10-3-4-22-10/h5-6,10,17H,3-4,7-8,16H2,1-2H3,(H,20,21). The number of aromatic carboxylic acids is 1. The summed E-state index contributed by atoms with van der Waals surface area (Å²) in [6, 6.07) is 2.75. The van der Waals surface area contributed by atoms with Gasteiger partial charge in [-0.1, -0.05) is 0 Å². The molecule has 1 atom stereocenters. The van der Waals surface area contributed by atoms with Crippen LogP contribution in [0.5, 0.6) is 5.75 Å². The van der Waals surface area contributed by atoms with Crippen molar-refractivity contribution in [2.24, 2.45) is 0 Å². The van der Waals surface area contributed by atoms with Crippen LogP contribution in [0, 0.1) is 0 Å². The van der Waals surface area contributed by atoms with Gasteiger partial charge in [0, 0.05) is 27.2 Å². The molecule has 0 spiro atoms. The second-order valence-corrected chi connectivity index (χ2v) is 5.48. The number of likely N-dealkylation sites (N-methyl/N-ethyl adjacent to an activating group) is 1. The van der Waals surface area contributed by atoms with E-state index in [0.29, 0.717) is 12.2 Å². The third-order valence-corrected chi connectivity index (χ3v) is 3.55. The average molecular weight is 323 g/mol. The molecule has 23 heavy (non-hydrogen) atoms. The summed E-state index contributed by atoms with van der Waals surface area (Å²) in [6.07, 6.45) is 1.05. The van der Waals surface area contributed by atoms with E-state index in [9.17, 15) is 14.7 Å². The molecule has 1 saturated heterocycles. The Morgan fingerprint density at radius 3 is 2.70 bits per heavy atom. The summed E-state index contributed by atoms with van der Waals surface area (Å²) in [5.41, 5.74) is 6.76. The first-order chi connectivity index (χ1) is 10.9. The second kappa shape index (κ2) is 7.19. The number of rotatable bonds is 7. The molecule has 8 heteroatoms. The minimum Gasteiger partial charge on any atom is -0.482 e. The Morgan fingerprint density at radius 1 is 1.48 bits per heavy atom. The van der Waals surface area contributed by atoms with E-state index in [-0.39, 0.29) is 35.6 Å².